The van der Waals surface area contributed by atoms with Crippen LogP contribution < -0.4 is 11.1 Å². The third-order valence-electron chi connectivity index (χ3n) is 2.68. The Kier molecular flexibility index (Phi) is 5.33. The summed E-state index contributed by atoms with van der Waals surface area (Å²) in [6, 6.07) is 6.87. The van der Waals surface area contributed by atoms with Gasteiger partial charge in [0, 0.05) is 17.1 Å². The van der Waals surface area contributed by atoms with Gasteiger partial charge in [0.25, 0.3) is 0 Å². The molecule has 1 heterocycles. The molecule has 0 saturated heterocycles. The molecule has 0 unspecified atom stereocenters. The van der Waals surface area contributed by atoms with E-state index in [0.717, 1.165) is 4.88 Å². The monoisotopic (exact) mass is 344 g/mol. The van der Waals surface area contributed by atoms with E-state index in [1.807, 2.05) is 12.1 Å². The Labute approximate surface area is 136 Å². The summed E-state index contributed by atoms with van der Waals surface area (Å²) in [5, 5.41) is 3.52. The summed E-state index contributed by atoms with van der Waals surface area (Å²) in [4.78, 5) is 13.0. The molecule has 0 bridgehead atoms. The number of halogens is 2. The van der Waals surface area contributed by atoms with Crippen molar-refractivity contribution in [3.8, 4) is 0 Å². The molecule has 7 heteroatoms. The van der Waals surface area contributed by atoms with Crippen molar-refractivity contribution in [2.75, 3.05) is 17.7 Å². The Morgan fingerprint density at radius 1 is 1.38 bits per heavy atom. The smallest absolute Gasteiger partial charge is 0.340 e. The Morgan fingerprint density at radius 2 is 2.14 bits per heavy atom. The SMILES string of the molecule is CCOC(=O)c1cc(N)cc(Cl)c1NCc1ccc(Cl)s1. The minimum Gasteiger partial charge on any atom is -0.462 e. The van der Waals surface area contributed by atoms with Gasteiger partial charge < -0.3 is 15.8 Å². The molecule has 0 fully saturated rings. The number of rotatable bonds is 5. The molecule has 2 aromatic rings. The van der Waals surface area contributed by atoms with E-state index in [9.17, 15) is 4.79 Å². The van der Waals surface area contributed by atoms with Crippen LogP contribution >= 0.6 is 34.5 Å². The molecular formula is C14H14Cl2N2O2S. The molecule has 0 aliphatic rings. The van der Waals surface area contributed by atoms with E-state index in [-0.39, 0.29) is 6.61 Å². The molecule has 0 aliphatic carbocycles. The van der Waals surface area contributed by atoms with E-state index in [4.69, 9.17) is 33.7 Å². The molecule has 0 radical (unpaired) electrons. The highest BCUT2D eigenvalue weighted by Crippen LogP contribution is 2.31. The summed E-state index contributed by atoms with van der Waals surface area (Å²) in [7, 11) is 0. The lowest BCUT2D eigenvalue weighted by molar-refractivity contribution is 0.0527. The molecule has 1 aromatic carbocycles. The van der Waals surface area contributed by atoms with Gasteiger partial charge in [0.2, 0.25) is 0 Å². The third kappa shape index (κ3) is 4.03. The highest BCUT2D eigenvalue weighted by atomic mass is 35.5. The van der Waals surface area contributed by atoms with Gasteiger partial charge in [0.05, 0.1) is 27.2 Å². The fraction of sp³-hybridized carbons (Fsp3) is 0.214. The molecule has 112 valence electrons. The van der Waals surface area contributed by atoms with Crippen molar-refractivity contribution in [2.45, 2.75) is 13.5 Å². The molecule has 21 heavy (non-hydrogen) atoms. The zero-order chi connectivity index (χ0) is 15.4. The van der Waals surface area contributed by atoms with Gasteiger partial charge in [-0.3, -0.25) is 0 Å². The molecule has 3 N–H and O–H groups in total. The number of ether oxygens (including phenoxy) is 1. The number of esters is 1. The fourth-order valence-corrected chi connectivity index (χ4v) is 3.12. The van der Waals surface area contributed by atoms with Crippen LogP contribution in [0.4, 0.5) is 11.4 Å². The van der Waals surface area contributed by atoms with Crippen LogP contribution in [0.25, 0.3) is 0 Å². The van der Waals surface area contributed by atoms with Gasteiger partial charge in [-0.05, 0) is 31.2 Å². The number of benzene rings is 1. The maximum absolute atomic E-state index is 12.0. The lowest BCUT2D eigenvalue weighted by Gasteiger charge is -2.13. The molecule has 0 amide bonds. The lowest BCUT2D eigenvalue weighted by atomic mass is 10.1. The van der Waals surface area contributed by atoms with Gasteiger partial charge >= 0.3 is 5.97 Å². The molecule has 1 aromatic heterocycles. The third-order valence-corrected chi connectivity index (χ3v) is 4.21. The number of hydrogen-bond acceptors (Lipinski definition) is 5. The number of anilines is 2. The van der Waals surface area contributed by atoms with Crippen molar-refractivity contribution < 1.29 is 9.53 Å². The second kappa shape index (κ2) is 7.02. The zero-order valence-electron chi connectivity index (χ0n) is 11.3. The van der Waals surface area contributed by atoms with Crippen LogP contribution in [0.15, 0.2) is 24.3 Å². The summed E-state index contributed by atoms with van der Waals surface area (Å²) in [6.45, 7) is 2.53. The topological polar surface area (TPSA) is 64.3 Å². The Bertz CT molecular complexity index is 658. The van der Waals surface area contributed by atoms with Crippen LogP contribution in [0, 0.1) is 0 Å². The van der Waals surface area contributed by atoms with Gasteiger partial charge in [-0.25, -0.2) is 4.79 Å². The van der Waals surface area contributed by atoms with E-state index in [1.165, 1.54) is 11.3 Å². The fourth-order valence-electron chi connectivity index (χ4n) is 1.80. The van der Waals surface area contributed by atoms with Crippen molar-refractivity contribution >= 4 is 51.9 Å². The standard InChI is InChI=1S/C14H14Cl2N2O2S/c1-2-20-14(19)10-5-8(17)6-11(15)13(10)18-7-9-3-4-12(16)21-9/h3-6,18H,2,7,17H2,1H3. The predicted octanol–water partition coefficient (Wildman–Crippen LogP) is 4.43. The average molecular weight is 345 g/mol. The van der Waals surface area contributed by atoms with Gasteiger partial charge in [0.1, 0.15) is 0 Å². The van der Waals surface area contributed by atoms with E-state index in [0.29, 0.717) is 32.8 Å². The Morgan fingerprint density at radius 3 is 2.76 bits per heavy atom. The molecule has 0 aliphatic heterocycles. The van der Waals surface area contributed by atoms with Crippen molar-refractivity contribution in [1.82, 2.24) is 0 Å². The molecule has 0 spiro atoms. The highest BCUT2D eigenvalue weighted by molar-refractivity contribution is 7.16. The van der Waals surface area contributed by atoms with E-state index < -0.39 is 5.97 Å². The largest absolute Gasteiger partial charge is 0.462 e. The van der Waals surface area contributed by atoms with Crippen LogP contribution in [0.5, 0.6) is 0 Å². The van der Waals surface area contributed by atoms with Gasteiger partial charge in [-0.2, -0.15) is 0 Å². The van der Waals surface area contributed by atoms with Crippen molar-refractivity contribution in [3.63, 3.8) is 0 Å². The normalized spacial score (nSPS) is 10.4. The molecule has 0 saturated carbocycles. The van der Waals surface area contributed by atoms with E-state index in [2.05, 4.69) is 5.32 Å². The quantitative estimate of drug-likeness (QED) is 0.622. The van der Waals surface area contributed by atoms with Gasteiger partial charge in [0.15, 0.2) is 0 Å². The van der Waals surface area contributed by atoms with Crippen molar-refractivity contribution in [2.24, 2.45) is 0 Å². The first-order chi connectivity index (χ1) is 10.0. The number of thiophene rings is 1. The first kappa shape index (κ1) is 15.9. The Hall–Kier alpha value is -1.43. The van der Waals surface area contributed by atoms with Crippen LogP contribution in [-0.2, 0) is 11.3 Å². The maximum Gasteiger partial charge on any atom is 0.340 e. The minimum atomic E-state index is -0.460. The molecule has 0 atom stereocenters. The molecular weight excluding hydrogens is 331 g/mol. The second-order valence-electron chi connectivity index (χ2n) is 4.21. The second-order valence-corrected chi connectivity index (χ2v) is 6.41. The lowest BCUT2D eigenvalue weighted by Crippen LogP contribution is -2.11. The summed E-state index contributed by atoms with van der Waals surface area (Å²) >= 11 is 13.5. The first-order valence-electron chi connectivity index (χ1n) is 6.25. The van der Waals surface area contributed by atoms with Gasteiger partial charge in [-0.15, -0.1) is 11.3 Å². The number of hydrogen-bond donors (Lipinski definition) is 2. The summed E-state index contributed by atoms with van der Waals surface area (Å²) < 4.78 is 5.73. The van der Waals surface area contributed by atoms with Crippen LogP contribution in [0.3, 0.4) is 0 Å². The Balaban J connectivity index is 2.26. The van der Waals surface area contributed by atoms with E-state index >= 15 is 0 Å². The van der Waals surface area contributed by atoms with Gasteiger partial charge in [-0.1, -0.05) is 23.2 Å². The van der Waals surface area contributed by atoms with Crippen molar-refractivity contribution in [3.05, 3.63) is 44.1 Å². The predicted molar refractivity (Wildman–Crippen MR) is 88.5 cm³/mol. The van der Waals surface area contributed by atoms with Crippen LogP contribution in [-0.4, -0.2) is 12.6 Å². The number of nitrogens with two attached hydrogens (primary N) is 1. The number of nitrogen functional groups attached to an aromatic ring is 1. The van der Waals surface area contributed by atoms with Crippen LogP contribution in [0.2, 0.25) is 9.36 Å². The first-order valence-corrected chi connectivity index (χ1v) is 7.82. The van der Waals surface area contributed by atoms with Crippen LogP contribution in [0.1, 0.15) is 22.2 Å². The zero-order valence-corrected chi connectivity index (χ0v) is 13.6. The molecule has 2 rings (SSSR count). The summed E-state index contributed by atoms with van der Waals surface area (Å²) in [5.41, 5.74) is 6.98. The van der Waals surface area contributed by atoms with Crippen molar-refractivity contribution in [1.29, 1.82) is 0 Å². The summed E-state index contributed by atoms with van der Waals surface area (Å²) in [6.07, 6.45) is 0. The maximum atomic E-state index is 12.0. The number of nitrogens with one attached hydrogen (secondary N) is 1. The summed E-state index contributed by atoms with van der Waals surface area (Å²) in [5.74, 6) is -0.460. The minimum absolute atomic E-state index is 0.283. The van der Waals surface area contributed by atoms with E-state index in [1.54, 1.807) is 19.1 Å². The number of carbonyl (C=O) groups is 1. The average Bonchev–Trinajstić information content (AvgIpc) is 2.83. The number of carbonyl (C=O) groups excluding carboxylic acids is 1. The highest BCUT2D eigenvalue weighted by Gasteiger charge is 2.17. The molecule has 4 nitrogen and oxygen atoms in total.